The molecule has 0 saturated carbocycles. The maximum absolute atomic E-state index is 12.8. The normalized spacial score (nSPS) is 14.0. The van der Waals surface area contributed by atoms with Crippen LogP contribution in [-0.4, -0.2) is 37.0 Å². The summed E-state index contributed by atoms with van der Waals surface area (Å²) in [7, 11) is 3.26. The first-order chi connectivity index (χ1) is 11.5. The van der Waals surface area contributed by atoms with Crippen LogP contribution in [0.5, 0.6) is 11.5 Å². The number of para-hydroxylation sites is 2. The predicted molar refractivity (Wildman–Crippen MR) is 89.0 cm³/mol. The Kier molecular flexibility index (Phi) is 4.25. The number of fused-ring (bicyclic) bond motifs is 2. The molecule has 0 radical (unpaired) electrons. The monoisotopic (exact) mass is 325 g/mol. The van der Waals surface area contributed by atoms with Crippen molar-refractivity contribution in [2.24, 2.45) is 0 Å². The van der Waals surface area contributed by atoms with Gasteiger partial charge in [-0.3, -0.25) is 9.59 Å². The van der Waals surface area contributed by atoms with Crippen molar-refractivity contribution in [2.45, 2.75) is 18.9 Å². The molecule has 0 aromatic heterocycles. The summed E-state index contributed by atoms with van der Waals surface area (Å²) in [5.41, 5.74) is 1.48. The molecule has 124 valence electrons. The molecule has 1 aliphatic rings. The fourth-order valence-corrected chi connectivity index (χ4v) is 2.82. The number of esters is 1. The van der Waals surface area contributed by atoms with Crippen molar-refractivity contribution in [3.63, 3.8) is 0 Å². The smallest absolute Gasteiger partial charge is 0.318 e. The van der Waals surface area contributed by atoms with Gasteiger partial charge in [-0.15, -0.1) is 0 Å². The number of benzene rings is 2. The zero-order valence-corrected chi connectivity index (χ0v) is 13.9. The lowest BCUT2D eigenvalue weighted by Crippen LogP contribution is -2.36. The topological polar surface area (TPSA) is 55.8 Å². The minimum absolute atomic E-state index is 0.253. The predicted octanol–water partition coefficient (Wildman–Crippen LogP) is 2.94. The molecule has 5 nitrogen and oxygen atoms in total. The summed E-state index contributed by atoms with van der Waals surface area (Å²) in [6.45, 7) is 1.58. The Hall–Kier alpha value is -2.82. The second-order valence-corrected chi connectivity index (χ2v) is 5.92. The van der Waals surface area contributed by atoms with E-state index in [-0.39, 0.29) is 5.91 Å². The highest BCUT2D eigenvalue weighted by Crippen LogP contribution is 2.44. The van der Waals surface area contributed by atoms with Gasteiger partial charge in [0.25, 0.3) is 5.91 Å². The van der Waals surface area contributed by atoms with E-state index in [1.165, 1.54) is 4.90 Å². The second-order valence-electron chi connectivity index (χ2n) is 5.92. The number of likely N-dealkylation sites (N-methyl/N-ethyl adjacent to an activating group) is 1. The SMILES string of the molecule is C[C@@H](OC(=O)C1c2ccccc2Oc2ccccc21)C(=O)N(C)C. The van der Waals surface area contributed by atoms with E-state index in [0.717, 1.165) is 11.1 Å². The van der Waals surface area contributed by atoms with Crippen LogP contribution in [-0.2, 0) is 14.3 Å². The number of amides is 1. The van der Waals surface area contributed by atoms with Crippen LogP contribution in [0.3, 0.4) is 0 Å². The number of ether oxygens (including phenoxy) is 2. The number of nitrogens with zero attached hydrogens (tertiary/aromatic N) is 1. The standard InChI is InChI=1S/C19H19NO4/c1-12(18(21)20(2)3)23-19(22)17-13-8-4-6-10-15(13)24-16-11-7-5-9-14(16)17/h4-12,17H,1-3H3/t12-/m1/s1. The first kappa shape index (κ1) is 16.1. The number of carbonyl (C=O) groups excluding carboxylic acids is 2. The molecule has 24 heavy (non-hydrogen) atoms. The lowest BCUT2D eigenvalue weighted by Gasteiger charge is -2.28. The van der Waals surface area contributed by atoms with Gasteiger partial charge >= 0.3 is 5.97 Å². The third kappa shape index (κ3) is 2.85. The third-order valence-corrected chi connectivity index (χ3v) is 4.00. The van der Waals surface area contributed by atoms with Crippen molar-refractivity contribution in [1.82, 2.24) is 4.90 Å². The molecule has 0 fully saturated rings. The molecule has 1 heterocycles. The Morgan fingerprint density at radius 1 is 1.00 bits per heavy atom. The number of hydrogen-bond donors (Lipinski definition) is 0. The molecule has 2 aromatic rings. The van der Waals surface area contributed by atoms with Crippen LogP contribution in [0.2, 0.25) is 0 Å². The van der Waals surface area contributed by atoms with Crippen molar-refractivity contribution in [3.05, 3.63) is 59.7 Å². The van der Waals surface area contributed by atoms with Crippen LogP contribution in [0.25, 0.3) is 0 Å². The molecule has 0 spiro atoms. The van der Waals surface area contributed by atoms with Gasteiger partial charge in [-0.1, -0.05) is 36.4 Å². The van der Waals surface area contributed by atoms with Gasteiger partial charge in [0.05, 0.1) is 0 Å². The van der Waals surface area contributed by atoms with E-state index in [1.807, 2.05) is 48.5 Å². The van der Waals surface area contributed by atoms with Crippen LogP contribution in [0.4, 0.5) is 0 Å². The Morgan fingerprint density at radius 2 is 1.50 bits per heavy atom. The molecule has 1 aliphatic heterocycles. The zero-order valence-electron chi connectivity index (χ0n) is 13.9. The number of hydrogen-bond acceptors (Lipinski definition) is 4. The van der Waals surface area contributed by atoms with Crippen molar-refractivity contribution < 1.29 is 19.1 Å². The van der Waals surface area contributed by atoms with E-state index in [2.05, 4.69) is 0 Å². The van der Waals surface area contributed by atoms with Crippen LogP contribution < -0.4 is 4.74 Å². The summed E-state index contributed by atoms with van der Waals surface area (Å²) in [4.78, 5) is 26.2. The Morgan fingerprint density at radius 3 is 2.00 bits per heavy atom. The summed E-state index contributed by atoms with van der Waals surface area (Å²) in [5, 5.41) is 0. The first-order valence-corrected chi connectivity index (χ1v) is 7.76. The van der Waals surface area contributed by atoms with E-state index >= 15 is 0 Å². The van der Waals surface area contributed by atoms with Gasteiger partial charge in [-0.25, -0.2) is 0 Å². The van der Waals surface area contributed by atoms with Crippen molar-refractivity contribution in [1.29, 1.82) is 0 Å². The molecule has 3 rings (SSSR count). The first-order valence-electron chi connectivity index (χ1n) is 7.76. The maximum Gasteiger partial charge on any atom is 0.318 e. The van der Waals surface area contributed by atoms with Crippen LogP contribution >= 0.6 is 0 Å². The Labute approximate surface area is 140 Å². The molecule has 0 aliphatic carbocycles. The molecule has 1 amide bonds. The molecule has 0 bridgehead atoms. The average Bonchev–Trinajstić information content (AvgIpc) is 2.58. The summed E-state index contributed by atoms with van der Waals surface area (Å²) in [6.07, 6.45) is -0.838. The van der Waals surface area contributed by atoms with Gasteiger partial charge < -0.3 is 14.4 Å². The second kappa shape index (κ2) is 6.35. The zero-order chi connectivity index (χ0) is 17.3. The number of rotatable bonds is 3. The molecule has 0 unspecified atom stereocenters. The van der Waals surface area contributed by atoms with E-state index < -0.39 is 18.0 Å². The van der Waals surface area contributed by atoms with Crippen molar-refractivity contribution in [2.75, 3.05) is 14.1 Å². The highest BCUT2D eigenvalue weighted by molar-refractivity contribution is 5.88. The molecule has 0 saturated heterocycles. The fourth-order valence-electron chi connectivity index (χ4n) is 2.82. The van der Waals surface area contributed by atoms with Gasteiger partial charge in [0.2, 0.25) is 0 Å². The summed E-state index contributed by atoms with van der Waals surface area (Å²) in [5.74, 6) is -0.0593. The Bertz CT molecular complexity index is 739. The highest BCUT2D eigenvalue weighted by atomic mass is 16.5. The molecule has 0 N–H and O–H groups in total. The quantitative estimate of drug-likeness (QED) is 0.814. The lowest BCUT2D eigenvalue weighted by molar-refractivity contribution is -0.158. The molecule has 2 aromatic carbocycles. The summed E-state index contributed by atoms with van der Waals surface area (Å²) >= 11 is 0. The highest BCUT2D eigenvalue weighted by Gasteiger charge is 2.35. The van der Waals surface area contributed by atoms with Crippen LogP contribution in [0.15, 0.2) is 48.5 Å². The van der Waals surface area contributed by atoms with Crippen molar-refractivity contribution >= 4 is 11.9 Å². The summed E-state index contributed by atoms with van der Waals surface area (Å²) < 4.78 is 11.3. The van der Waals surface area contributed by atoms with E-state index in [0.29, 0.717) is 11.5 Å². The van der Waals surface area contributed by atoms with E-state index in [4.69, 9.17) is 9.47 Å². The largest absolute Gasteiger partial charge is 0.457 e. The van der Waals surface area contributed by atoms with Gasteiger partial charge in [0.1, 0.15) is 17.4 Å². The lowest BCUT2D eigenvalue weighted by atomic mass is 9.88. The maximum atomic E-state index is 12.8. The third-order valence-electron chi connectivity index (χ3n) is 4.00. The molecular formula is C19H19NO4. The van der Waals surface area contributed by atoms with Crippen LogP contribution in [0, 0.1) is 0 Å². The molecule has 5 heteroatoms. The van der Waals surface area contributed by atoms with E-state index in [9.17, 15) is 9.59 Å². The van der Waals surface area contributed by atoms with Gasteiger partial charge in [0, 0.05) is 25.2 Å². The minimum Gasteiger partial charge on any atom is -0.457 e. The minimum atomic E-state index is -0.838. The fraction of sp³-hybridized carbons (Fsp3) is 0.263. The summed E-state index contributed by atoms with van der Waals surface area (Å²) in [6, 6.07) is 14.7. The van der Waals surface area contributed by atoms with Gasteiger partial charge in [0.15, 0.2) is 6.10 Å². The van der Waals surface area contributed by atoms with Gasteiger partial charge in [-0.2, -0.15) is 0 Å². The van der Waals surface area contributed by atoms with Crippen LogP contribution in [0.1, 0.15) is 24.0 Å². The Balaban J connectivity index is 1.95. The molecular weight excluding hydrogens is 306 g/mol. The average molecular weight is 325 g/mol. The number of carbonyl (C=O) groups is 2. The van der Waals surface area contributed by atoms with E-state index in [1.54, 1.807) is 21.0 Å². The van der Waals surface area contributed by atoms with Gasteiger partial charge in [-0.05, 0) is 19.1 Å². The van der Waals surface area contributed by atoms with Crippen molar-refractivity contribution in [3.8, 4) is 11.5 Å². The molecule has 1 atom stereocenters.